The van der Waals surface area contributed by atoms with Crippen molar-refractivity contribution in [2.75, 3.05) is 0 Å². The summed E-state index contributed by atoms with van der Waals surface area (Å²) in [5, 5.41) is 75.7. The molecular weight excluding hydrogens is 837 g/mol. The number of hydrogen-bond donors (Lipinski definition) is 8. The van der Waals surface area contributed by atoms with Crippen molar-refractivity contribution in [1.29, 1.82) is 0 Å². The predicted molar refractivity (Wildman–Crippen MR) is 267 cm³/mol. The monoisotopic (exact) mass is 876 g/mol. The summed E-state index contributed by atoms with van der Waals surface area (Å²) in [4.78, 5) is 17.4. The molecule has 0 spiro atoms. The van der Waals surface area contributed by atoms with Gasteiger partial charge in [0.05, 0.1) is 39.5 Å². The fourth-order valence-electron chi connectivity index (χ4n) is 10.1. The van der Waals surface area contributed by atoms with Crippen molar-refractivity contribution in [1.82, 2.24) is 19.9 Å². The first-order valence-corrected chi connectivity index (χ1v) is 22.0. The molecule has 0 saturated heterocycles. The van der Waals surface area contributed by atoms with Crippen LogP contribution in [-0.4, -0.2) is 50.6 Å². The minimum Gasteiger partial charge on any atom is -0.507 e. The third kappa shape index (κ3) is 6.41. The lowest BCUT2D eigenvalue weighted by Crippen LogP contribution is -1.96. The Morgan fingerprint density at radius 1 is 0.343 bits per heavy atom. The van der Waals surface area contributed by atoms with Crippen LogP contribution in [0.5, 0.6) is 34.5 Å². The molecule has 5 heterocycles. The van der Waals surface area contributed by atoms with E-state index < -0.39 is 0 Å². The maximum atomic E-state index is 11.4. The van der Waals surface area contributed by atoms with E-state index in [1.165, 1.54) is 80.3 Å². The first-order valence-electron chi connectivity index (χ1n) is 22.0. The van der Waals surface area contributed by atoms with Gasteiger partial charge in [-0.1, -0.05) is 72.8 Å². The van der Waals surface area contributed by atoms with Crippen molar-refractivity contribution in [2.24, 2.45) is 0 Å². The van der Waals surface area contributed by atoms with Gasteiger partial charge in [0.1, 0.15) is 34.5 Å². The smallest absolute Gasteiger partial charge is 0.127 e. The summed E-state index contributed by atoms with van der Waals surface area (Å²) in [6, 6.07) is 40.8. The van der Waals surface area contributed by atoms with Crippen LogP contribution >= 0.6 is 0 Å². The fourth-order valence-corrected chi connectivity index (χ4v) is 10.1. The first kappa shape index (κ1) is 39.6. The molecule has 0 aliphatic carbocycles. The molecule has 0 radical (unpaired) electrons. The summed E-state index contributed by atoms with van der Waals surface area (Å²) in [5.74, 6) is -1.02. The molecule has 8 N–H and O–H groups in total. The molecular formula is C57H40N4O6. The first-order chi connectivity index (χ1) is 32.7. The Hall–Kier alpha value is -9.02. The topological polar surface area (TPSA) is 179 Å². The molecule has 3 aromatic heterocycles. The minimum absolute atomic E-state index is 0.109. The van der Waals surface area contributed by atoms with Crippen LogP contribution < -0.4 is 0 Å². The number of aromatic nitrogens is 4. The Kier molecular flexibility index (Phi) is 9.04. The van der Waals surface area contributed by atoms with E-state index in [9.17, 15) is 30.6 Å². The van der Waals surface area contributed by atoms with Crippen molar-refractivity contribution in [2.45, 2.75) is 19.3 Å². The molecule has 324 valence electrons. The molecule has 0 amide bonds. The second kappa shape index (κ2) is 15.3. The highest BCUT2D eigenvalue weighted by Gasteiger charge is 2.24. The van der Waals surface area contributed by atoms with Crippen LogP contribution in [0, 0.1) is 0 Å². The lowest BCUT2D eigenvalue weighted by molar-refractivity contribution is 0.453. The van der Waals surface area contributed by atoms with Gasteiger partial charge in [-0.15, -0.1) is 0 Å². The molecule has 10 heteroatoms. The van der Waals surface area contributed by atoms with E-state index in [0.29, 0.717) is 62.4 Å². The third-order valence-electron chi connectivity index (χ3n) is 13.2. The average molecular weight is 877 g/mol. The second-order valence-electron chi connectivity index (χ2n) is 17.1. The molecule has 10 aromatic rings. The third-order valence-corrected chi connectivity index (χ3v) is 13.2. The zero-order chi connectivity index (χ0) is 45.5. The molecule has 10 nitrogen and oxygen atoms in total. The van der Waals surface area contributed by atoms with E-state index in [1.807, 2.05) is 24.3 Å². The minimum atomic E-state index is -0.200. The molecule has 7 aromatic carbocycles. The Labute approximate surface area is 382 Å². The number of aromatic hydroxyl groups is 6. The Morgan fingerprint density at radius 2 is 0.731 bits per heavy atom. The van der Waals surface area contributed by atoms with E-state index in [2.05, 4.69) is 64.6 Å². The van der Waals surface area contributed by atoms with Crippen LogP contribution in [0.3, 0.4) is 0 Å². The molecule has 2 aliphatic rings. The van der Waals surface area contributed by atoms with E-state index >= 15 is 0 Å². The number of rotatable bonds is 7. The predicted octanol–water partition coefficient (Wildman–Crippen LogP) is 13.0. The quantitative estimate of drug-likeness (QED) is 0.0729. The van der Waals surface area contributed by atoms with E-state index in [1.54, 1.807) is 36.4 Å². The van der Waals surface area contributed by atoms with Crippen LogP contribution in [0.2, 0.25) is 0 Å². The number of phenols is 6. The Morgan fingerprint density at radius 3 is 1.24 bits per heavy atom. The fraction of sp³-hybridized carbons (Fsp3) is 0.0526. The van der Waals surface area contributed by atoms with Gasteiger partial charge >= 0.3 is 0 Å². The van der Waals surface area contributed by atoms with E-state index in [0.717, 1.165) is 23.9 Å². The summed E-state index contributed by atoms with van der Waals surface area (Å²) in [7, 11) is 0. The Bertz CT molecular complexity index is 3810. The number of aromatic amines is 2. The van der Waals surface area contributed by atoms with Gasteiger partial charge in [0.2, 0.25) is 0 Å². The molecule has 12 rings (SSSR count). The zero-order valence-electron chi connectivity index (χ0n) is 35.7. The lowest BCUT2D eigenvalue weighted by Gasteiger charge is -2.14. The van der Waals surface area contributed by atoms with Gasteiger partial charge in [-0.05, 0) is 142 Å². The number of fused-ring (bicyclic) bond motifs is 8. The van der Waals surface area contributed by atoms with Crippen molar-refractivity contribution in [3.63, 3.8) is 0 Å². The van der Waals surface area contributed by atoms with Crippen LogP contribution in [-0.2, 0) is 12.8 Å². The molecule has 8 bridgehead atoms. The van der Waals surface area contributed by atoms with Gasteiger partial charge in [-0.25, -0.2) is 9.97 Å². The largest absolute Gasteiger partial charge is 0.507 e. The summed E-state index contributed by atoms with van der Waals surface area (Å²) >= 11 is 0. The van der Waals surface area contributed by atoms with Crippen LogP contribution in [0.4, 0.5) is 0 Å². The van der Waals surface area contributed by atoms with E-state index in [-0.39, 0.29) is 51.2 Å². The summed E-state index contributed by atoms with van der Waals surface area (Å²) in [5.41, 5.74) is 7.87. The average Bonchev–Trinajstić information content (AvgIpc) is 4.18. The number of nitrogens with zero attached hydrogens (tertiary/aromatic N) is 2. The highest BCUT2D eigenvalue weighted by Crippen LogP contribution is 2.47. The number of hydrogen-bond acceptors (Lipinski definition) is 8. The number of nitrogens with one attached hydrogen (secondary N) is 2. The van der Waals surface area contributed by atoms with Gasteiger partial charge < -0.3 is 40.6 Å². The van der Waals surface area contributed by atoms with Gasteiger partial charge in [0.25, 0.3) is 0 Å². The van der Waals surface area contributed by atoms with Crippen molar-refractivity contribution in [3.05, 3.63) is 167 Å². The summed E-state index contributed by atoms with van der Waals surface area (Å²) in [6.07, 6.45) is 9.44. The summed E-state index contributed by atoms with van der Waals surface area (Å²) in [6.45, 7) is 0. The number of H-pyrrole nitrogens is 2. The van der Waals surface area contributed by atoms with Crippen LogP contribution in [0.1, 0.15) is 40.3 Å². The van der Waals surface area contributed by atoms with Crippen LogP contribution in [0.25, 0.3) is 112 Å². The number of aryl methyl sites for hydroxylation is 2. The molecule has 67 heavy (non-hydrogen) atoms. The van der Waals surface area contributed by atoms with E-state index in [4.69, 9.17) is 9.97 Å². The summed E-state index contributed by atoms with van der Waals surface area (Å²) < 4.78 is 0. The standard InChI is InChI=1S/C57H40N4O6/c62-44-10-3-11-45(63)55(44)52-38-24-22-36(58-38)35(9-2-6-30-16-17-33-19-18-31-7-1-8-32-20-21-34(30)51(33)50(31)32)37-23-25-39(59-37)53(56-46(64)12-4-13-47(56)65)41-27-29-43(61-41)54(42-28-26-40(52)60-42)57-48(66)14-5-15-49(57)67/h1,3-5,7-8,10-29,58,61-67H,2,6,9H2. The lowest BCUT2D eigenvalue weighted by atomic mass is 9.90. The number of benzene rings is 7. The maximum Gasteiger partial charge on any atom is 0.127 e. The normalized spacial score (nSPS) is 12.3. The molecule has 0 saturated carbocycles. The van der Waals surface area contributed by atoms with Gasteiger partial charge in [0, 0.05) is 44.3 Å². The molecule has 0 atom stereocenters. The Balaban J connectivity index is 1.13. The zero-order valence-corrected chi connectivity index (χ0v) is 35.7. The molecule has 0 fully saturated rings. The van der Waals surface area contributed by atoms with Gasteiger partial charge in [0.15, 0.2) is 0 Å². The second-order valence-corrected chi connectivity index (χ2v) is 17.1. The number of phenolic OH excluding ortho intramolecular Hbond substituents is 6. The maximum absolute atomic E-state index is 11.4. The highest BCUT2D eigenvalue weighted by molar-refractivity contribution is 6.23. The van der Waals surface area contributed by atoms with Gasteiger partial charge in [-0.2, -0.15) is 0 Å². The van der Waals surface area contributed by atoms with Crippen molar-refractivity contribution >= 4 is 78.7 Å². The van der Waals surface area contributed by atoms with Crippen LogP contribution in [0.15, 0.2) is 133 Å². The molecule has 2 aliphatic heterocycles. The van der Waals surface area contributed by atoms with Crippen molar-refractivity contribution < 1.29 is 30.6 Å². The highest BCUT2D eigenvalue weighted by atomic mass is 16.3. The SMILES string of the molecule is Oc1cccc(O)c1-c1c2nc(c(-c3c(O)cccc3O)c3ccc([nH]3)c(-c3c(O)cccc3O)c3nc(c(CCCc4ccc5ccc6cccc7ccc4c5c67)c4ccc1[nH]4)C=C3)C=C2. The van der Waals surface area contributed by atoms with Crippen molar-refractivity contribution in [3.8, 4) is 67.9 Å². The van der Waals surface area contributed by atoms with Gasteiger partial charge in [-0.3, -0.25) is 0 Å². The molecule has 0 unspecified atom stereocenters.